The molecule has 0 saturated heterocycles. The van der Waals surface area contributed by atoms with Gasteiger partial charge in [-0.1, -0.05) is 0 Å². The zero-order valence-electron chi connectivity index (χ0n) is 8.79. The first-order valence-electron chi connectivity index (χ1n) is 4.64. The summed E-state index contributed by atoms with van der Waals surface area (Å²) in [5, 5.41) is 0. The Hall–Kier alpha value is -1.16. The van der Waals surface area contributed by atoms with Crippen LogP contribution >= 0.6 is 0 Å². The molecule has 4 heteroatoms. The zero-order valence-corrected chi connectivity index (χ0v) is 8.79. The molecular weight excluding hydrogens is 181 g/mol. The summed E-state index contributed by atoms with van der Waals surface area (Å²) in [4.78, 5) is 5.79. The average molecular weight is 197 g/mol. The standard InChI is InChI=1S/C10H16FN3/c1-7(2)14(3)10-9(11)8(6-12)4-5-13-10/h4-5,7H,6,12H2,1-3H3. The molecule has 0 aliphatic heterocycles. The normalized spacial score (nSPS) is 10.7. The Morgan fingerprint density at radius 1 is 1.57 bits per heavy atom. The third-order valence-corrected chi connectivity index (χ3v) is 2.28. The van der Waals surface area contributed by atoms with Crippen LogP contribution in [0.3, 0.4) is 0 Å². The van der Waals surface area contributed by atoms with E-state index in [1.807, 2.05) is 20.9 Å². The van der Waals surface area contributed by atoms with Crippen LogP contribution < -0.4 is 10.6 Å². The van der Waals surface area contributed by atoms with Gasteiger partial charge in [0.05, 0.1) is 0 Å². The first-order valence-corrected chi connectivity index (χ1v) is 4.64. The molecule has 0 aliphatic carbocycles. The van der Waals surface area contributed by atoms with Crippen LogP contribution in [0.1, 0.15) is 19.4 Å². The molecule has 1 heterocycles. The number of nitrogens with zero attached hydrogens (tertiary/aromatic N) is 2. The second kappa shape index (κ2) is 4.37. The van der Waals surface area contributed by atoms with Gasteiger partial charge in [0.1, 0.15) is 0 Å². The van der Waals surface area contributed by atoms with E-state index in [2.05, 4.69) is 4.98 Å². The van der Waals surface area contributed by atoms with E-state index in [-0.39, 0.29) is 18.4 Å². The summed E-state index contributed by atoms with van der Waals surface area (Å²) in [6.45, 7) is 4.17. The molecule has 0 saturated carbocycles. The number of hydrogen-bond donors (Lipinski definition) is 1. The Labute approximate surface area is 83.7 Å². The van der Waals surface area contributed by atoms with Gasteiger partial charge >= 0.3 is 0 Å². The number of anilines is 1. The lowest BCUT2D eigenvalue weighted by Crippen LogP contribution is -2.28. The van der Waals surface area contributed by atoms with E-state index in [9.17, 15) is 4.39 Å². The van der Waals surface area contributed by atoms with Crippen LogP contribution in [0, 0.1) is 5.82 Å². The fourth-order valence-corrected chi connectivity index (χ4v) is 1.12. The molecule has 0 bridgehead atoms. The number of pyridine rings is 1. The molecule has 0 amide bonds. The first kappa shape index (κ1) is 10.9. The van der Waals surface area contributed by atoms with Crippen molar-refractivity contribution in [3.8, 4) is 0 Å². The lowest BCUT2D eigenvalue weighted by molar-refractivity contribution is 0.590. The summed E-state index contributed by atoms with van der Waals surface area (Å²) in [5.41, 5.74) is 5.91. The molecule has 0 radical (unpaired) electrons. The van der Waals surface area contributed by atoms with Gasteiger partial charge in [-0.15, -0.1) is 0 Å². The molecule has 1 aromatic heterocycles. The van der Waals surface area contributed by atoms with Crippen LogP contribution in [0.15, 0.2) is 12.3 Å². The van der Waals surface area contributed by atoms with Gasteiger partial charge in [0.25, 0.3) is 0 Å². The molecule has 1 rings (SSSR count). The Morgan fingerprint density at radius 2 is 2.21 bits per heavy atom. The van der Waals surface area contributed by atoms with Crippen molar-refractivity contribution >= 4 is 5.82 Å². The van der Waals surface area contributed by atoms with Gasteiger partial charge in [-0.25, -0.2) is 9.37 Å². The molecule has 78 valence electrons. The fraction of sp³-hybridized carbons (Fsp3) is 0.500. The number of aromatic nitrogens is 1. The van der Waals surface area contributed by atoms with Crippen molar-refractivity contribution < 1.29 is 4.39 Å². The third-order valence-electron chi connectivity index (χ3n) is 2.28. The minimum absolute atomic E-state index is 0.202. The minimum Gasteiger partial charge on any atom is -0.355 e. The molecular formula is C10H16FN3. The molecule has 3 nitrogen and oxygen atoms in total. The highest BCUT2D eigenvalue weighted by molar-refractivity contribution is 5.42. The summed E-state index contributed by atoms with van der Waals surface area (Å²) >= 11 is 0. The molecule has 14 heavy (non-hydrogen) atoms. The highest BCUT2D eigenvalue weighted by Gasteiger charge is 2.14. The Morgan fingerprint density at radius 3 is 2.71 bits per heavy atom. The second-order valence-electron chi connectivity index (χ2n) is 3.52. The molecule has 0 atom stereocenters. The summed E-state index contributed by atoms with van der Waals surface area (Å²) in [5.74, 6) is 0.0501. The maximum Gasteiger partial charge on any atom is 0.170 e. The number of halogens is 1. The van der Waals surface area contributed by atoms with E-state index in [0.29, 0.717) is 11.4 Å². The Balaban J connectivity index is 3.09. The van der Waals surface area contributed by atoms with Gasteiger partial charge in [0.15, 0.2) is 11.6 Å². The molecule has 0 fully saturated rings. The molecule has 1 aromatic rings. The fourth-order valence-electron chi connectivity index (χ4n) is 1.12. The van der Waals surface area contributed by atoms with E-state index in [0.717, 1.165) is 0 Å². The highest BCUT2D eigenvalue weighted by atomic mass is 19.1. The largest absolute Gasteiger partial charge is 0.355 e. The predicted octanol–water partition coefficient (Wildman–Crippen LogP) is 1.52. The van der Waals surface area contributed by atoms with Crippen molar-refractivity contribution in [1.82, 2.24) is 4.98 Å². The summed E-state index contributed by atoms with van der Waals surface area (Å²) in [6.07, 6.45) is 1.58. The van der Waals surface area contributed by atoms with Crippen LogP contribution in [0.5, 0.6) is 0 Å². The van der Waals surface area contributed by atoms with Crippen LogP contribution in [0.2, 0.25) is 0 Å². The molecule has 0 unspecified atom stereocenters. The van der Waals surface area contributed by atoms with Gasteiger partial charge in [0.2, 0.25) is 0 Å². The van der Waals surface area contributed by atoms with Crippen LogP contribution in [-0.2, 0) is 6.54 Å². The van der Waals surface area contributed by atoms with E-state index >= 15 is 0 Å². The lowest BCUT2D eigenvalue weighted by Gasteiger charge is -2.23. The molecule has 0 aromatic carbocycles. The van der Waals surface area contributed by atoms with Crippen LogP contribution in [-0.4, -0.2) is 18.1 Å². The summed E-state index contributed by atoms with van der Waals surface area (Å²) in [7, 11) is 1.82. The van der Waals surface area contributed by atoms with E-state index in [1.165, 1.54) is 0 Å². The zero-order chi connectivity index (χ0) is 10.7. The minimum atomic E-state index is -0.314. The van der Waals surface area contributed by atoms with Crippen LogP contribution in [0.4, 0.5) is 10.2 Å². The molecule has 2 N–H and O–H groups in total. The topological polar surface area (TPSA) is 42.2 Å². The Bertz CT molecular complexity index is 312. The highest BCUT2D eigenvalue weighted by Crippen LogP contribution is 2.19. The first-order chi connectivity index (χ1) is 6.57. The maximum absolute atomic E-state index is 13.7. The SMILES string of the molecule is CC(C)N(C)c1nccc(CN)c1F. The smallest absolute Gasteiger partial charge is 0.170 e. The van der Waals surface area contributed by atoms with E-state index in [4.69, 9.17) is 5.73 Å². The van der Waals surface area contributed by atoms with Crippen molar-refractivity contribution in [3.05, 3.63) is 23.6 Å². The Kier molecular flexibility index (Phi) is 3.41. The maximum atomic E-state index is 13.7. The number of nitrogens with two attached hydrogens (primary N) is 1. The van der Waals surface area contributed by atoms with Gasteiger partial charge in [-0.2, -0.15) is 0 Å². The van der Waals surface area contributed by atoms with E-state index < -0.39 is 0 Å². The second-order valence-corrected chi connectivity index (χ2v) is 3.52. The van der Waals surface area contributed by atoms with Gasteiger partial charge in [-0.05, 0) is 19.9 Å². The van der Waals surface area contributed by atoms with Crippen molar-refractivity contribution in [3.63, 3.8) is 0 Å². The molecule has 0 spiro atoms. The van der Waals surface area contributed by atoms with Crippen molar-refractivity contribution in [2.24, 2.45) is 5.73 Å². The number of hydrogen-bond acceptors (Lipinski definition) is 3. The van der Waals surface area contributed by atoms with Crippen molar-refractivity contribution in [2.45, 2.75) is 26.4 Å². The van der Waals surface area contributed by atoms with Crippen molar-refractivity contribution in [1.29, 1.82) is 0 Å². The average Bonchev–Trinajstić information content (AvgIpc) is 2.17. The summed E-state index contributed by atoms with van der Waals surface area (Å²) in [6, 6.07) is 1.82. The lowest BCUT2D eigenvalue weighted by atomic mass is 10.2. The van der Waals surface area contributed by atoms with Gasteiger partial charge in [-0.3, -0.25) is 0 Å². The third kappa shape index (κ3) is 2.01. The predicted molar refractivity (Wildman–Crippen MR) is 55.6 cm³/mol. The quantitative estimate of drug-likeness (QED) is 0.799. The van der Waals surface area contributed by atoms with Crippen LogP contribution in [0.25, 0.3) is 0 Å². The van der Waals surface area contributed by atoms with Gasteiger partial charge < -0.3 is 10.6 Å². The van der Waals surface area contributed by atoms with Gasteiger partial charge in [0, 0.05) is 31.4 Å². The summed E-state index contributed by atoms with van der Waals surface area (Å²) < 4.78 is 13.7. The monoisotopic (exact) mass is 197 g/mol. The molecule has 0 aliphatic rings. The van der Waals surface area contributed by atoms with E-state index in [1.54, 1.807) is 17.2 Å². The van der Waals surface area contributed by atoms with Crippen molar-refractivity contribution in [2.75, 3.05) is 11.9 Å². The number of rotatable bonds is 3.